The summed E-state index contributed by atoms with van der Waals surface area (Å²) in [6.45, 7) is 0.362. The second-order valence-electron chi connectivity index (χ2n) is 3.31. The van der Waals surface area contributed by atoms with Gasteiger partial charge >= 0.3 is 5.97 Å². The Bertz CT molecular complexity index is 368. The Morgan fingerprint density at radius 1 is 1.44 bits per heavy atom. The predicted molar refractivity (Wildman–Crippen MR) is 62.5 cm³/mol. The van der Waals surface area contributed by atoms with Gasteiger partial charge in [0.1, 0.15) is 0 Å². The van der Waals surface area contributed by atoms with E-state index < -0.39 is 5.97 Å². The highest BCUT2D eigenvalue weighted by atomic mass is 35.5. The number of aliphatic hydroxyl groups excluding tert-OH is 1. The number of hydrogen-bond donors (Lipinski definition) is 2. The molecule has 0 spiro atoms. The van der Waals surface area contributed by atoms with E-state index >= 15 is 0 Å². The van der Waals surface area contributed by atoms with Gasteiger partial charge in [0.2, 0.25) is 0 Å². The van der Waals surface area contributed by atoms with Crippen LogP contribution < -0.4 is 5.73 Å². The van der Waals surface area contributed by atoms with Crippen LogP contribution in [-0.4, -0.2) is 24.3 Å². The summed E-state index contributed by atoms with van der Waals surface area (Å²) in [7, 11) is 0. The lowest BCUT2D eigenvalue weighted by molar-refractivity contribution is 0.0493. The lowest BCUT2D eigenvalue weighted by Gasteiger charge is -2.06. The van der Waals surface area contributed by atoms with Crippen LogP contribution in [0.3, 0.4) is 0 Å². The van der Waals surface area contributed by atoms with E-state index in [0.29, 0.717) is 23.6 Å². The van der Waals surface area contributed by atoms with Crippen molar-refractivity contribution in [1.82, 2.24) is 0 Å². The summed E-state index contributed by atoms with van der Waals surface area (Å²) < 4.78 is 4.98. The van der Waals surface area contributed by atoms with E-state index in [4.69, 9.17) is 27.2 Å². The zero-order chi connectivity index (χ0) is 12.0. The number of ether oxygens (including phenoxy) is 1. The number of carbonyl (C=O) groups excluding carboxylic acids is 1. The van der Waals surface area contributed by atoms with Crippen molar-refractivity contribution < 1.29 is 14.6 Å². The Kier molecular flexibility index (Phi) is 5.08. The molecule has 1 rings (SSSR count). The zero-order valence-electron chi connectivity index (χ0n) is 8.78. The third-order valence-corrected chi connectivity index (χ3v) is 2.33. The van der Waals surface area contributed by atoms with Gasteiger partial charge in [0.15, 0.2) is 0 Å². The van der Waals surface area contributed by atoms with Crippen LogP contribution in [0.2, 0.25) is 5.02 Å². The molecule has 4 nitrogen and oxygen atoms in total. The summed E-state index contributed by atoms with van der Waals surface area (Å²) >= 11 is 5.83. The van der Waals surface area contributed by atoms with E-state index in [9.17, 15) is 4.79 Å². The minimum Gasteiger partial charge on any atom is -0.462 e. The average molecular weight is 244 g/mol. The average Bonchev–Trinajstić information content (AvgIpc) is 2.27. The van der Waals surface area contributed by atoms with Crippen LogP contribution in [0.1, 0.15) is 23.2 Å². The number of hydrogen-bond acceptors (Lipinski definition) is 4. The summed E-state index contributed by atoms with van der Waals surface area (Å²) in [6, 6.07) is 4.66. The normalized spacial score (nSPS) is 10.1. The first-order valence-electron chi connectivity index (χ1n) is 4.98. The van der Waals surface area contributed by atoms with Crippen LogP contribution in [0, 0.1) is 0 Å². The summed E-state index contributed by atoms with van der Waals surface area (Å²) in [4.78, 5) is 11.6. The number of carbonyl (C=O) groups is 1. The van der Waals surface area contributed by atoms with Crippen molar-refractivity contribution in [3.8, 4) is 0 Å². The quantitative estimate of drug-likeness (QED) is 0.470. The van der Waals surface area contributed by atoms with Crippen LogP contribution in [0.5, 0.6) is 0 Å². The van der Waals surface area contributed by atoms with Crippen LogP contribution in [0.25, 0.3) is 0 Å². The molecule has 0 aliphatic heterocycles. The first-order valence-corrected chi connectivity index (χ1v) is 5.36. The number of halogens is 1. The molecular weight excluding hydrogens is 230 g/mol. The zero-order valence-corrected chi connectivity index (χ0v) is 9.54. The number of aliphatic hydroxyl groups is 1. The molecule has 1 aromatic rings. The van der Waals surface area contributed by atoms with Crippen LogP contribution >= 0.6 is 11.6 Å². The molecule has 0 amide bonds. The Morgan fingerprint density at radius 2 is 2.19 bits per heavy atom. The molecule has 0 fully saturated rings. The maximum Gasteiger partial charge on any atom is 0.339 e. The molecule has 3 N–H and O–H groups in total. The van der Waals surface area contributed by atoms with Gasteiger partial charge in [-0.3, -0.25) is 0 Å². The van der Waals surface area contributed by atoms with Crippen molar-refractivity contribution in [3.63, 3.8) is 0 Å². The first-order chi connectivity index (χ1) is 7.65. The van der Waals surface area contributed by atoms with E-state index in [1.165, 1.54) is 6.07 Å². The molecule has 0 bridgehead atoms. The van der Waals surface area contributed by atoms with Crippen molar-refractivity contribution in [1.29, 1.82) is 0 Å². The van der Waals surface area contributed by atoms with Crippen molar-refractivity contribution in [2.24, 2.45) is 0 Å². The molecule has 1 aromatic carbocycles. The number of nitrogen functional groups attached to an aromatic ring is 1. The molecule has 0 aromatic heterocycles. The monoisotopic (exact) mass is 243 g/mol. The van der Waals surface area contributed by atoms with Crippen LogP contribution in [-0.2, 0) is 4.74 Å². The number of esters is 1. The fourth-order valence-corrected chi connectivity index (χ4v) is 1.35. The molecule has 0 saturated carbocycles. The molecule has 0 atom stereocenters. The molecule has 0 aliphatic rings. The van der Waals surface area contributed by atoms with Gasteiger partial charge in [-0.2, -0.15) is 0 Å². The van der Waals surface area contributed by atoms with Gasteiger partial charge in [-0.15, -0.1) is 0 Å². The lowest BCUT2D eigenvalue weighted by Crippen LogP contribution is -2.08. The fraction of sp³-hybridized carbons (Fsp3) is 0.364. The SMILES string of the molecule is Nc1ccc(Cl)c(C(=O)OCCCCO)c1. The van der Waals surface area contributed by atoms with Crippen LogP contribution in [0.15, 0.2) is 18.2 Å². The number of benzene rings is 1. The lowest BCUT2D eigenvalue weighted by atomic mass is 10.2. The van der Waals surface area contributed by atoms with Gasteiger partial charge in [-0.05, 0) is 31.0 Å². The molecule has 0 saturated heterocycles. The summed E-state index contributed by atoms with van der Waals surface area (Å²) in [5.74, 6) is -0.491. The predicted octanol–water partition coefficient (Wildman–Crippen LogP) is 1.85. The van der Waals surface area contributed by atoms with E-state index in [2.05, 4.69) is 0 Å². The number of nitrogens with two attached hydrogens (primary N) is 1. The van der Waals surface area contributed by atoms with Crippen molar-refractivity contribution in [3.05, 3.63) is 28.8 Å². The maximum absolute atomic E-state index is 11.6. The molecule has 16 heavy (non-hydrogen) atoms. The minimum atomic E-state index is -0.491. The second-order valence-corrected chi connectivity index (χ2v) is 3.71. The van der Waals surface area contributed by atoms with E-state index in [-0.39, 0.29) is 18.8 Å². The molecule has 0 heterocycles. The van der Waals surface area contributed by atoms with Gasteiger partial charge in [-0.25, -0.2) is 4.79 Å². The first kappa shape index (κ1) is 12.8. The molecule has 0 unspecified atom stereocenters. The Morgan fingerprint density at radius 3 is 2.88 bits per heavy atom. The molecule has 0 radical (unpaired) electrons. The Labute approximate surface area is 99.0 Å². The van der Waals surface area contributed by atoms with Gasteiger partial charge in [0, 0.05) is 12.3 Å². The highest BCUT2D eigenvalue weighted by Crippen LogP contribution is 2.19. The molecule has 0 aliphatic carbocycles. The fourth-order valence-electron chi connectivity index (χ4n) is 1.16. The third-order valence-electron chi connectivity index (χ3n) is 2.00. The number of rotatable bonds is 5. The number of anilines is 1. The van der Waals surface area contributed by atoms with Gasteiger partial charge in [0.05, 0.1) is 17.2 Å². The summed E-state index contributed by atoms with van der Waals surface area (Å²) in [5.41, 5.74) is 6.28. The molecule has 88 valence electrons. The Balaban J connectivity index is 2.55. The highest BCUT2D eigenvalue weighted by Gasteiger charge is 2.11. The molecule has 5 heteroatoms. The van der Waals surface area contributed by atoms with E-state index in [0.717, 1.165) is 0 Å². The van der Waals surface area contributed by atoms with E-state index in [1.807, 2.05) is 0 Å². The highest BCUT2D eigenvalue weighted by molar-refractivity contribution is 6.33. The van der Waals surface area contributed by atoms with Crippen molar-refractivity contribution >= 4 is 23.3 Å². The van der Waals surface area contributed by atoms with Crippen molar-refractivity contribution in [2.75, 3.05) is 18.9 Å². The smallest absolute Gasteiger partial charge is 0.339 e. The van der Waals surface area contributed by atoms with Crippen molar-refractivity contribution in [2.45, 2.75) is 12.8 Å². The molecular formula is C11H14ClNO3. The Hall–Kier alpha value is -1.26. The van der Waals surface area contributed by atoms with Gasteiger partial charge in [0.25, 0.3) is 0 Å². The number of unbranched alkanes of at least 4 members (excludes halogenated alkanes) is 1. The summed E-state index contributed by atoms with van der Waals surface area (Å²) in [6.07, 6.45) is 1.24. The largest absolute Gasteiger partial charge is 0.462 e. The van der Waals surface area contributed by atoms with Gasteiger partial charge < -0.3 is 15.6 Å². The topological polar surface area (TPSA) is 72.6 Å². The van der Waals surface area contributed by atoms with Crippen LogP contribution in [0.4, 0.5) is 5.69 Å². The second kappa shape index (κ2) is 6.35. The van der Waals surface area contributed by atoms with Gasteiger partial charge in [-0.1, -0.05) is 11.6 Å². The minimum absolute atomic E-state index is 0.0938. The summed E-state index contributed by atoms with van der Waals surface area (Å²) in [5, 5.41) is 8.87. The maximum atomic E-state index is 11.6. The third kappa shape index (κ3) is 3.72. The standard InChI is InChI=1S/C11H14ClNO3/c12-10-4-3-8(13)7-9(10)11(15)16-6-2-1-5-14/h3-4,7,14H,1-2,5-6,13H2. The van der Waals surface area contributed by atoms with E-state index in [1.54, 1.807) is 12.1 Å².